The van der Waals surface area contributed by atoms with Crippen LogP contribution in [0, 0.1) is 0 Å². The molecule has 3 nitrogen and oxygen atoms in total. The molecular formula is C9H11IO3S. The molecular weight excluding hydrogens is 315 g/mol. The topological polar surface area (TPSA) is 43.4 Å². The molecule has 78 valence electrons. The van der Waals surface area contributed by atoms with Crippen molar-refractivity contribution in [2.45, 2.75) is 6.92 Å². The van der Waals surface area contributed by atoms with Crippen LogP contribution < -0.4 is 0 Å². The van der Waals surface area contributed by atoms with Gasteiger partial charge in [-0.2, -0.15) is 0 Å². The lowest BCUT2D eigenvalue weighted by molar-refractivity contribution is 0.0606. The third-order valence-electron chi connectivity index (χ3n) is 1.39. The minimum absolute atomic E-state index is 0.0404. The predicted octanol–water partition coefficient (Wildman–Crippen LogP) is 2.79. The van der Waals surface area contributed by atoms with Crippen molar-refractivity contribution in [1.82, 2.24) is 0 Å². The quantitative estimate of drug-likeness (QED) is 0.363. The fraction of sp³-hybridized carbons (Fsp3) is 0.333. The molecule has 14 heavy (non-hydrogen) atoms. The number of esters is 1. The van der Waals surface area contributed by atoms with Crippen LogP contribution >= 0.6 is 33.9 Å². The summed E-state index contributed by atoms with van der Waals surface area (Å²) in [6.45, 7) is 1.46. The number of alkyl halides is 1. The van der Waals surface area contributed by atoms with Crippen molar-refractivity contribution in [2.24, 2.45) is 0 Å². The zero-order valence-corrected chi connectivity index (χ0v) is 11.1. The first-order valence-electron chi connectivity index (χ1n) is 3.70. The summed E-state index contributed by atoms with van der Waals surface area (Å²) in [7, 11) is 1.31. The molecule has 0 aliphatic heterocycles. The second kappa shape index (κ2) is 6.94. The highest BCUT2D eigenvalue weighted by Gasteiger charge is 2.10. The summed E-state index contributed by atoms with van der Waals surface area (Å²) in [6.07, 6.45) is 0. The normalized spacial score (nSPS) is 8.57. The maximum atomic E-state index is 10.9. The van der Waals surface area contributed by atoms with E-state index in [1.54, 1.807) is 11.4 Å². The number of hydrogen-bond donors (Lipinski definition) is 0. The van der Waals surface area contributed by atoms with Crippen LogP contribution in [-0.4, -0.2) is 23.8 Å². The third kappa shape index (κ3) is 3.75. The molecule has 0 saturated heterocycles. The molecule has 0 aliphatic carbocycles. The lowest BCUT2D eigenvalue weighted by Gasteiger charge is -1.91. The molecule has 0 aromatic carbocycles. The van der Waals surface area contributed by atoms with E-state index in [4.69, 9.17) is 0 Å². The van der Waals surface area contributed by atoms with E-state index in [2.05, 4.69) is 27.3 Å². The van der Waals surface area contributed by atoms with Gasteiger partial charge in [-0.25, -0.2) is 4.79 Å². The molecule has 0 bridgehead atoms. The molecule has 0 spiro atoms. The van der Waals surface area contributed by atoms with Crippen molar-refractivity contribution >= 4 is 45.7 Å². The zero-order chi connectivity index (χ0) is 11.1. The molecule has 1 rings (SSSR count). The fourth-order valence-electron chi connectivity index (χ4n) is 0.728. The number of carbonyl (C=O) groups excluding carboxylic acids is 2. The highest BCUT2D eigenvalue weighted by atomic mass is 127. The van der Waals surface area contributed by atoms with Crippen molar-refractivity contribution in [3.8, 4) is 0 Å². The summed E-state index contributed by atoms with van der Waals surface area (Å²) in [5.41, 5.74) is 0.556. The van der Waals surface area contributed by atoms with Crippen molar-refractivity contribution in [1.29, 1.82) is 0 Å². The first kappa shape index (κ1) is 13.6. The minimum Gasteiger partial charge on any atom is -0.465 e. The second-order valence-corrected chi connectivity index (χ2v) is 3.16. The van der Waals surface area contributed by atoms with Gasteiger partial charge in [-0.1, -0.05) is 22.6 Å². The van der Waals surface area contributed by atoms with E-state index < -0.39 is 5.97 Å². The standard InChI is InChI=1S/C8H8O3S.CH3I/c1-5(9)6-3-7(12-4-6)8(10)11-2;1-2/h3-4H,1-2H3;1H3. The van der Waals surface area contributed by atoms with Gasteiger partial charge < -0.3 is 4.74 Å². The van der Waals surface area contributed by atoms with Gasteiger partial charge in [-0.15, -0.1) is 11.3 Å². The molecule has 0 amide bonds. The maximum absolute atomic E-state index is 10.9. The highest BCUT2D eigenvalue weighted by Crippen LogP contribution is 2.15. The Bertz CT molecular complexity index is 320. The van der Waals surface area contributed by atoms with E-state index in [0.717, 1.165) is 0 Å². The third-order valence-corrected chi connectivity index (χ3v) is 2.30. The van der Waals surface area contributed by atoms with Gasteiger partial charge in [0.25, 0.3) is 0 Å². The van der Waals surface area contributed by atoms with E-state index in [1.807, 2.05) is 4.93 Å². The molecule has 0 fully saturated rings. The van der Waals surface area contributed by atoms with Gasteiger partial charge in [-0.05, 0) is 17.9 Å². The van der Waals surface area contributed by atoms with E-state index in [9.17, 15) is 9.59 Å². The summed E-state index contributed by atoms with van der Waals surface area (Å²) in [5, 5.41) is 1.65. The fourth-order valence-corrected chi connectivity index (χ4v) is 1.59. The van der Waals surface area contributed by atoms with Gasteiger partial charge in [0.2, 0.25) is 0 Å². The lowest BCUT2D eigenvalue weighted by Crippen LogP contribution is -1.97. The number of thiophene rings is 1. The van der Waals surface area contributed by atoms with Crippen LogP contribution in [0.15, 0.2) is 11.4 Å². The van der Waals surface area contributed by atoms with Gasteiger partial charge in [-0.3, -0.25) is 4.79 Å². The summed E-state index contributed by atoms with van der Waals surface area (Å²) >= 11 is 3.37. The van der Waals surface area contributed by atoms with Crippen LogP contribution in [0.3, 0.4) is 0 Å². The van der Waals surface area contributed by atoms with Crippen LogP contribution in [-0.2, 0) is 4.74 Å². The van der Waals surface area contributed by atoms with Gasteiger partial charge in [0, 0.05) is 10.9 Å². The predicted molar refractivity (Wildman–Crippen MR) is 65.6 cm³/mol. The molecule has 1 aromatic rings. The lowest BCUT2D eigenvalue weighted by atomic mass is 10.2. The van der Waals surface area contributed by atoms with E-state index in [0.29, 0.717) is 10.4 Å². The second-order valence-electron chi connectivity index (χ2n) is 2.25. The van der Waals surface area contributed by atoms with Crippen molar-refractivity contribution in [3.05, 3.63) is 21.9 Å². The van der Waals surface area contributed by atoms with E-state index >= 15 is 0 Å². The molecule has 1 heterocycles. The molecule has 0 atom stereocenters. The number of ether oxygens (including phenoxy) is 1. The molecule has 0 aliphatic rings. The van der Waals surface area contributed by atoms with Crippen molar-refractivity contribution in [3.63, 3.8) is 0 Å². The molecule has 0 radical (unpaired) electrons. The number of Topliss-reactive ketones (excluding diaryl/α,β-unsaturated/α-hetero) is 1. The Labute approximate surface area is 101 Å². The van der Waals surface area contributed by atoms with E-state index in [1.165, 1.54) is 25.4 Å². The van der Waals surface area contributed by atoms with Crippen molar-refractivity contribution in [2.75, 3.05) is 12.0 Å². The Morgan fingerprint density at radius 3 is 2.36 bits per heavy atom. The Morgan fingerprint density at radius 1 is 1.43 bits per heavy atom. The Hall–Kier alpha value is -0.430. The van der Waals surface area contributed by atoms with Crippen LogP contribution in [0.5, 0.6) is 0 Å². The summed E-state index contributed by atoms with van der Waals surface area (Å²) in [4.78, 5) is 24.2. The first-order chi connectivity index (χ1) is 6.65. The zero-order valence-electron chi connectivity index (χ0n) is 8.17. The highest BCUT2D eigenvalue weighted by molar-refractivity contribution is 14.1. The molecule has 0 N–H and O–H groups in total. The maximum Gasteiger partial charge on any atom is 0.348 e. The number of hydrogen-bond acceptors (Lipinski definition) is 4. The van der Waals surface area contributed by atoms with Gasteiger partial charge in [0.1, 0.15) is 4.88 Å². The first-order valence-corrected chi connectivity index (χ1v) is 6.74. The monoisotopic (exact) mass is 326 g/mol. The van der Waals surface area contributed by atoms with Gasteiger partial charge in [0.15, 0.2) is 5.78 Å². The molecule has 0 saturated carbocycles. The Balaban J connectivity index is 0.000000791. The van der Waals surface area contributed by atoms with Crippen LogP contribution in [0.25, 0.3) is 0 Å². The van der Waals surface area contributed by atoms with Crippen molar-refractivity contribution < 1.29 is 14.3 Å². The number of halogens is 1. The van der Waals surface area contributed by atoms with Gasteiger partial charge >= 0.3 is 5.97 Å². The summed E-state index contributed by atoms with van der Waals surface area (Å²) < 4.78 is 4.49. The average molecular weight is 326 g/mol. The summed E-state index contributed by atoms with van der Waals surface area (Å²) in [5.74, 6) is -0.436. The van der Waals surface area contributed by atoms with Crippen LogP contribution in [0.2, 0.25) is 0 Å². The number of carbonyl (C=O) groups is 2. The molecule has 5 heteroatoms. The van der Waals surface area contributed by atoms with Gasteiger partial charge in [0.05, 0.1) is 7.11 Å². The summed E-state index contributed by atoms with van der Waals surface area (Å²) in [6, 6.07) is 1.54. The van der Waals surface area contributed by atoms with Crippen LogP contribution in [0.1, 0.15) is 27.0 Å². The van der Waals surface area contributed by atoms with E-state index in [-0.39, 0.29) is 5.78 Å². The Morgan fingerprint density at radius 2 is 2.00 bits per heavy atom. The SMILES string of the molecule is CI.COC(=O)c1cc(C(C)=O)cs1. The molecule has 1 aromatic heterocycles. The number of rotatable bonds is 2. The Kier molecular flexibility index (Phi) is 6.73. The number of ketones is 1. The smallest absolute Gasteiger partial charge is 0.348 e. The minimum atomic E-state index is -0.396. The number of methoxy groups -OCH3 is 1. The molecule has 0 unspecified atom stereocenters. The largest absolute Gasteiger partial charge is 0.465 e. The van der Waals surface area contributed by atoms with Crippen LogP contribution in [0.4, 0.5) is 0 Å². The average Bonchev–Trinajstić information content (AvgIpc) is 2.68.